The molecule has 2 aromatic heterocycles. The van der Waals surface area contributed by atoms with Gasteiger partial charge in [-0.25, -0.2) is 0 Å². The molecule has 14 heavy (non-hydrogen) atoms. The van der Waals surface area contributed by atoms with E-state index in [4.69, 9.17) is 12.2 Å². The molecule has 5 nitrogen and oxygen atoms in total. The highest BCUT2D eigenvalue weighted by molar-refractivity contribution is 7.71. The third kappa shape index (κ3) is 1.68. The van der Waals surface area contributed by atoms with Crippen LogP contribution in [-0.2, 0) is 6.54 Å². The lowest BCUT2D eigenvalue weighted by atomic mass is 10.5. The van der Waals surface area contributed by atoms with E-state index in [0.29, 0.717) is 11.3 Å². The third-order valence-corrected chi connectivity index (χ3v) is 2.88. The maximum Gasteiger partial charge on any atom is 0.304 e. The van der Waals surface area contributed by atoms with Crippen LogP contribution in [0.4, 0.5) is 0 Å². The Labute approximate surface area is 88.4 Å². The predicted molar refractivity (Wildman–Crippen MR) is 56.2 cm³/mol. The second kappa shape index (κ2) is 3.50. The van der Waals surface area contributed by atoms with Gasteiger partial charge in [-0.1, -0.05) is 11.3 Å². The zero-order chi connectivity index (χ0) is 10.1. The maximum absolute atomic E-state index is 10.9. The monoisotopic (exact) mass is 228 g/mol. The molecule has 0 fully saturated rings. The number of nitrogens with one attached hydrogen (secondary N) is 2. The largest absolute Gasteiger partial charge is 0.315 e. The summed E-state index contributed by atoms with van der Waals surface area (Å²) in [4.78, 5) is 13.6. The molecular formula is C7H8N4OS2. The average molecular weight is 228 g/mol. The number of nitrogens with zero attached hydrogens (tertiary/aromatic N) is 2. The van der Waals surface area contributed by atoms with Gasteiger partial charge >= 0.3 is 4.87 Å². The fourth-order valence-electron chi connectivity index (χ4n) is 1.14. The molecule has 0 aliphatic carbocycles. The van der Waals surface area contributed by atoms with Crippen LogP contribution < -0.4 is 4.87 Å². The summed E-state index contributed by atoms with van der Waals surface area (Å²) in [6.07, 6.45) is 0. The van der Waals surface area contributed by atoms with Crippen molar-refractivity contribution in [2.24, 2.45) is 0 Å². The summed E-state index contributed by atoms with van der Waals surface area (Å²) >= 11 is 6.18. The lowest BCUT2D eigenvalue weighted by molar-refractivity contribution is 0.735. The van der Waals surface area contributed by atoms with Crippen LogP contribution in [0.1, 0.15) is 11.5 Å². The van der Waals surface area contributed by atoms with Crippen LogP contribution in [0, 0.1) is 11.7 Å². The predicted octanol–water partition coefficient (Wildman–Crippen LogP) is 1.05. The Morgan fingerprint density at radius 3 is 3.00 bits per heavy atom. The second-order valence-corrected chi connectivity index (χ2v) is 4.06. The Kier molecular flexibility index (Phi) is 2.34. The summed E-state index contributed by atoms with van der Waals surface area (Å²) in [5.41, 5.74) is 0.848. The molecule has 0 atom stereocenters. The molecule has 0 spiro atoms. The third-order valence-electron chi connectivity index (χ3n) is 1.85. The van der Waals surface area contributed by atoms with E-state index in [9.17, 15) is 4.79 Å². The first-order valence-electron chi connectivity index (χ1n) is 3.95. The summed E-state index contributed by atoms with van der Waals surface area (Å²) in [5, 5.41) is 8.46. The molecule has 2 rings (SSSR count). The summed E-state index contributed by atoms with van der Waals surface area (Å²) in [5.74, 6) is 0.807. The topological polar surface area (TPSA) is 66.5 Å². The summed E-state index contributed by atoms with van der Waals surface area (Å²) in [6, 6.07) is 0. The highest BCUT2D eigenvalue weighted by Gasteiger charge is 2.03. The average Bonchev–Trinajstić information content (AvgIpc) is 2.67. The minimum atomic E-state index is -0.0485. The molecule has 0 aliphatic rings. The van der Waals surface area contributed by atoms with Crippen molar-refractivity contribution in [2.75, 3.05) is 0 Å². The van der Waals surface area contributed by atoms with E-state index in [0.717, 1.165) is 22.9 Å². The molecular weight excluding hydrogens is 220 g/mol. The van der Waals surface area contributed by atoms with E-state index >= 15 is 0 Å². The van der Waals surface area contributed by atoms with Gasteiger partial charge in [0, 0.05) is 11.1 Å². The van der Waals surface area contributed by atoms with E-state index in [2.05, 4.69) is 15.2 Å². The van der Waals surface area contributed by atoms with Gasteiger partial charge in [0.25, 0.3) is 0 Å². The molecule has 7 heteroatoms. The van der Waals surface area contributed by atoms with E-state index in [1.807, 2.05) is 11.5 Å². The Morgan fingerprint density at radius 2 is 2.50 bits per heavy atom. The molecule has 0 saturated heterocycles. The van der Waals surface area contributed by atoms with Gasteiger partial charge in [0.05, 0.1) is 6.54 Å². The Bertz CT molecular complexity index is 546. The van der Waals surface area contributed by atoms with E-state index in [-0.39, 0.29) is 4.87 Å². The van der Waals surface area contributed by atoms with Gasteiger partial charge in [-0.2, -0.15) is 5.10 Å². The quantitative estimate of drug-likeness (QED) is 0.755. The van der Waals surface area contributed by atoms with E-state index in [1.54, 1.807) is 5.38 Å². The van der Waals surface area contributed by atoms with Crippen molar-refractivity contribution in [3.05, 3.63) is 31.3 Å². The van der Waals surface area contributed by atoms with Crippen molar-refractivity contribution in [1.82, 2.24) is 19.7 Å². The van der Waals surface area contributed by atoms with Gasteiger partial charge in [-0.15, -0.1) is 0 Å². The number of aromatic nitrogens is 4. The van der Waals surface area contributed by atoms with Crippen LogP contribution >= 0.6 is 23.6 Å². The van der Waals surface area contributed by atoms with Crippen molar-refractivity contribution in [3.63, 3.8) is 0 Å². The van der Waals surface area contributed by atoms with Crippen molar-refractivity contribution >= 4 is 23.6 Å². The van der Waals surface area contributed by atoms with Gasteiger partial charge in [0.1, 0.15) is 5.82 Å². The molecule has 0 saturated carbocycles. The summed E-state index contributed by atoms with van der Waals surface area (Å²) in [7, 11) is 0. The lowest BCUT2D eigenvalue weighted by Crippen LogP contribution is -2.04. The molecule has 74 valence electrons. The minimum absolute atomic E-state index is 0.0485. The highest BCUT2D eigenvalue weighted by atomic mass is 32.1. The van der Waals surface area contributed by atoms with Crippen LogP contribution in [0.5, 0.6) is 0 Å². The molecule has 0 radical (unpaired) electrons. The van der Waals surface area contributed by atoms with Crippen molar-refractivity contribution in [3.8, 4) is 0 Å². The highest BCUT2D eigenvalue weighted by Crippen LogP contribution is 2.02. The van der Waals surface area contributed by atoms with Gasteiger partial charge < -0.3 is 4.98 Å². The number of hydrogen-bond donors (Lipinski definition) is 2. The zero-order valence-corrected chi connectivity index (χ0v) is 9.04. The second-order valence-electron chi connectivity index (χ2n) is 2.84. The van der Waals surface area contributed by atoms with Crippen LogP contribution in [-0.4, -0.2) is 19.7 Å². The number of aryl methyl sites for hydroxylation is 1. The molecule has 2 aromatic rings. The summed E-state index contributed by atoms with van der Waals surface area (Å²) < 4.78 is 2.39. The Morgan fingerprint density at radius 1 is 1.71 bits per heavy atom. The number of H-pyrrole nitrogens is 2. The Hall–Kier alpha value is -1.21. The first-order valence-corrected chi connectivity index (χ1v) is 5.24. The van der Waals surface area contributed by atoms with Crippen LogP contribution in [0.3, 0.4) is 0 Å². The normalized spacial score (nSPS) is 10.6. The molecule has 2 heterocycles. The van der Waals surface area contributed by atoms with Crippen molar-refractivity contribution in [1.29, 1.82) is 0 Å². The van der Waals surface area contributed by atoms with E-state index in [1.165, 1.54) is 0 Å². The lowest BCUT2D eigenvalue weighted by Gasteiger charge is -1.99. The van der Waals surface area contributed by atoms with Crippen LogP contribution in [0.2, 0.25) is 0 Å². The number of rotatable bonds is 2. The number of hydrogen-bond acceptors (Lipinski definition) is 4. The zero-order valence-electron chi connectivity index (χ0n) is 7.40. The van der Waals surface area contributed by atoms with Gasteiger partial charge in [0.2, 0.25) is 0 Å². The molecule has 0 aromatic carbocycles. The molecule has 0 unspecified atom stereocenters. The fourth-order valence-corrected chi connectivity index (χ4v) is 1.96. The maximum atomic E-state index is 10.9. The minimum Gasteiger partial charge on any atom is -0.315 e. The van der Waals surface area contributed by atoms with E-state index < -0.39 is 0 Å². The van der Waals surface area contributed by atoms with Crippen LogP contribution in [0.15, 0.2) is 10.2 Å². The number of thiazole rings is 1. The first-order chi connectivity index (χ1) is 6.66. The molecule has 2 N–H and O–H groups in total. The first kappa shape index (κ1) is 9.35. The fraction of sp³-hybridized carbons (Fsp3) is 0.286. The Balaban J connectivity index is 2.35. The van der Waals surface area contributed by atoms with Crippen LogP contribution in [0.25, 0.3) is 0 Å². The van der Waals surface area contributed by atoms with Gasteiger partial charge in [0.15, 0.2) is 4.77 Å². The summed E-state index contributed by atoms with van der Waals surface area (Å²) in [6.45, 7) is 2.41. The molecule has 0 bridgehead atoms. The van der Waals surface area contributed by atoms with Crippen molar-refractivity contribution in [2.45, 2.75) is 13.5 Å². The number of aromatic amines is 2. The molecule has 0 aliphatic heterocycles. The standard InChI is InChI=1S/C7H8N4OS2/c1-4-9-10-6(13)11(4)2-5-3-14-7(12)8-5/h3H,2H2,1H3,(H,8,12)(H,10,13). The molecule has 0 amide bonds. The van der Waals surface area contributed by atoms with Gasteiger partial charge in [-0.3, -0.25) is 14.5 Å². The van der Waals surface area contributed by atoms with Gasteiger partial charge in [-0.05, 0) is 19.1 Å². The smallest absolute Gasteiger partial charge is 0.304 e. The van der Waals surface area contributed by atoms with Crippen molar-refractivity contribution < 1.29 is 0 Å². The SMILES string of the molecule is Cc1n[nH]c(=S)n1Cc1csc(=O)[nH]1.